The summed E-state index contributed by atoms with van der Waals surface area (Å²) in [5, 5.41) is 0. The Morgan fingerprint density at radius 1 is 0.889 bits per heavy atom. The number of carbonyl (C=O) groups is 1. The lowest BCUT2D eigenvalue weighted by molar-refractivity contribution is -0.436. The monoisotopic (exact) mass is 420 g/mol. The molecule has 27 heavy (non-hydrogen) atoms. The van der Waals surface area contributed by atoms with Gasteiger partial charge >= 0.3 is 23.7 Å². The SMILES string of the molecule is C=CC(=O)OCC1(F)C(C)(F)C(F)(F)C(F)(CC=C(F)F)C(F)(F)C1(F)F. The van der Waals surface area contributed by atoms with Crippen molar-refractivity contribution in [2.45, 2.75) is 48.1 Å². The molecule has 13 heteroatoms. The van der Waals surface area contributed by atoms with Crippen LogP contribution in [-0.4, -0.2) is 47.4 Å². The summed E-state index contributed by atoms with van der Waals surface area (Å²) in [4.78, 5) is 10.8. The standard InChI is InChI=1S/C14H11F11O2/c1-3-8(26)27-6-11(19)9(2,17)12(20,21)10(18,5-4-7(15)16)13(22,23)14(11,24)25/h3-4H,1,5-6H2,2H3. The van der Waals surface area contributed by atoms with Crippen molar-refractivity contribution in [3.05, 3.63) is 24.8 Å². The number of hydrogen-bond donors (Lipinski definition) is 0. The van der Waals surface area contributed by atoms with Crippen molar-refractivity contribution in [3.8, 4) is 0 Å². The topological polar surface area (TPSA) is 26.3 Å². The number of allylic oxidation sites excluding steroid dienone is 1. The van der Waals surface area contributed by atoms with Gasteiger partial charge in [-0.2, -0.15) is 35.1 Å². The van der Waals surface area contributed by atoms with Crippen LogP contribution in [0.4, 0.5) is 48.3 Å². The first-order valence-electron chi connectivity index (χ1n) is 6.88. The maximum atomic E-state index is 14.6. The van der Waals surface area contributed by atoms with E-state index in [1.165, 1.54) is 0 Å². The summed E-state index contributed by atoms with van der Waals surface area (Å²) in [6.07, 6.45) is -6.45. The van der Waals surface area contributed by atoms with Crippen molar-refractivity contribution in [1.82, 2.24) is 0 Å². The minimum Gasteiger partial charge on any atom is -0.459 e. The summed E-state index contributed by atoms with van der Waals surface area (Å²) in [6, 6.07) is 0. The summed E-state index contributed by atoms with van der Waals surface area (Å²) in [7, 11) is 0. The van der Waals surface area contributed by atoms with E-state index in [1.807, 2.05) is 0 Å². The van der Waals surface area contributed by atoms with Gasteiger partial charge < -0.3 is 4.74 Å². The molecule has 3 atom stereocenters. The Balaban J connectivity index is 3.71. The Labute approximate surface area is 144 Å². The van der Waals surface area contributed by atoms with Gasteiger partial charge in [-0.3, -0.25) is 0 Å². The van der Waals surface area contributed by atoms with Gasteiger partial charge in [0.1, 0.15) is 6.61 Å². The second kappa shape index (κ2) is 6.36. The van der Waals surface area contributed by atoms with E-state index in [1.54, 1.807) is 0 Å². The van der Waals surface area contributed by atoms with Gasteiger partial charge in [0, 0.05) is 12.5 Å². The Morgan fingerprint density at radius 2 is 1.33 bits per heavy atom. The maximum Gasteiger partial charge on any atom is 0.353 e. The van der Waals surface area contributed by atoms with Crippen LogP contribution in [0.5, 0.6) is 0 Å². The van der Waals surface area contributed by atoms with Crippen LogP contribution in [0.25, 0.3) is 0 Å². The van der Waals surface area contributed by atoms with E-state index < -0.39 is 72.9 Å². The minimum absolute atomic E-state index is 0.199. The second-order valence-corrected chi connectivity index (χ2v) is 5.84. The Bertz CT molecular complexity index is 621. The zero-order chi connectivity index (χ0) is 21.7. The highest BCUT2D eigenvalue weighted by Gasteiger charge is 2.97. The van der Waals surface area contributed by atoms with Crippen molar-refractivity contribution >= 4 is 5.97 Å². The average Bonchev–Trinajstić information content (AvgIpc) is 2.54. The van der Waals surface area contributed by atoms with Gasteiger partial charge in [-0.15, -0.1) is 0 Å². The van der Waals surface area contributed by atoms with Gasteiger partial charge in [0.2, 0.25) is 11.3 Å². The molecule has 1 rings (SSSR count). The molecular weight excluding hydrogens is 409 g/mol. The number of esters is 1. The van der Waals surface area contributed by atoms with Crippen LogP contribution < -0.4 is 0 Å². The molecule has 2 nitrogen and oxygen atoms in total. The zero-order valence-electron chi connectivity index (χ0n) is 13.3. The second-order valence-electron chi connectivity index (χ2n) is 5.84. The minimum atomic E-state index is -6.68. The van der Waals surface area contributed by atoms with Gasteiger partial charge in [0.15, 0.2) is 0 Å². The van der Waals surface area contributed by atoms with E-state index in [0.717, 1.165) is 0 Å². The molecule has 156 valence electrons. The predicted octanol–water partition coefficient (Wildman–Crippen LogP) is 4.95. The fourth-order valence-corrected chi connectivity index (χ4v) is 2.54. The third-order valence-corrected chi connectivity index (χ3v) is 4.34. The number of carbonyl (C=O) groups excluding carboxylic acids is 1. The number of hydrogen-bond acceptors (Lipinski definition) is 2. The molecule has 0 aromatic heterocycles. The Hall–Kier alpha value is -1.82. The van der Waals surface area contributed by atoms with Gasteiger partial charge in [-0.05, 0) is 13.0 Å². The normalized spacial score (nSPS) is 36.6. The molecular formula is C14H11F11O2. The van der Waals surface area contributed by atoms with Crippen molar-refractivity contribution < 1.29 is 57.8 Å². The highest BCUT2D eigenvalue weighted by atomic mass is 19.3. The summed E-state index contributed by atoms with van der Waals surface area (Å²) in [5.74, 6) is -21.2. The van der Waals surface area contributed by atoms with Crippen LogP contribution >= 0.6 is 0 Å². The molecule has 1 aliphatic carbocycles. The third-order valence-electron chi connectivity index (χ3n) is 4.34. The number of rotatable bonds is 5. The molecule has 0 heterocycles. The number of alkyl halides is 9. The van der Waals surface area contributed by atoms with Crippen molar-refractivity contribution in [2.24, 2.45) is 0 Å². The van der Waals surface area contributed by atoms with Gasteiger partial charge in [0.05, 0.1) is 0 Å². The highest BCUT2D eigenvalue weighted by Crippen LogP contribution is 2.69. The number of halogens is 11. The van der Waals surface area contributed by atoms with Crippen LogP contribution in [0, 0.1) is 0 Å². The molecule has 0 bridgehead atoms. The molecule has 0 spiro atoms. The molecule has 0 amide bonds. The largest absolute Gasteiger partial charge is 0.459 e. The van der Waals surface area contributed by atoms with Gasteiger partial charge in [-0.1, -0.05) is 6.58 Å². The Morgan fingerprint density at radius 3 is 1.74 bits per heavy atom. The first kappa shape index (κ1) is 23.2. The fraction of sp³-hybridized carbons (Fsp3) is 0.643. The Kier molecular flexibility index (Phi) is 5.47. The zero-order valence-corrected chi connectivity index (χ0v) is 13.3. The molecule has 3 unspecified atom stereocenters. The van der Waals surface area contributed by atoms with E-state index in [4.69, 9.17) is 0 Å². The molecule has 1 fully saturated rings. The third kappa shape index (κ3) is 2.72. The van der Waals surface area contributed by atoms with Crippen LogP contribution in [0.15, 0.2) is 24.8 Å². The van der Waals surface area contributed by atoms with E-state index in [9.17, 15) is 53.1 Å². The summed E-state index contributed by atoms with van der Waals surface area (Å²) < 4.78 is 156. The summed E-state index contributed by atoms with van der Waals surface area (Å²) >= 11 is 0. The fourth-order valence-electron chi connectivity index (χ4n) is 2.54. The molecule has 0 aromatic carbocycles. The lowest BCUT2D eigenvalue weighted by Gasteiger charge is -2.57. The van der Waals surface area contributed by atoms with E-state index in [-0.39, 0.29) is 6.08 Å². The van der Waals surface area contributed by atoms with Crippen LogP contribution in [0.3, 0.4) is 0 Å². The molecule has 0 aliphatic heterocycles. The lowest BCUT2D eigenvalue weighted by atomic mass is 9.61. The first-order valence-corrected chi connectivity index (χ1v) is 6.88. The summed E-state index contributed by atoms with van der Waals surface area (Å²) in [6.45, 7) is -0.596. The van der Waals surface area contributed by atoms with Crippen LogP contribution in [-0.2, 0) is 9.53 Å². The van der Waals surface area contributed by atoms with E-state index in [0.29, 0.717) is 0 Å². The molecule has 0 saturated heterocycles. The molecule has 0 N–H and O–H groups in total. The van der Waals surface area contributed by atoms with Crippen LogP contribution in [0.1, 0.15) is 13.3 Å². The summed E-state index contributed by atoms with van der Waals surface area (Å²) in [5.41, 5.74) is -17.0. The van der Waals surface area contributed by atoms with Crippen molar-refractivity contribution in [2.75, 3.05) is 6.61 Å². The molecule has 1 saturated carbocycles. The first-order chi connectivity index (χ1) is 11.9. The van der Waals surface area contributed by atoms with Crippen LogP contribution in [0.2, 0.25) is 0 Å². The van der Waals surface area contributed by atoms with Gasteiger partial charge in [-0.25, -0.2) is 18.0 Å². The number of ether oxygens (including phenoxy) is 1. The predicted molar refractivity (Wildman–Crippen MR) is 68.1 cm³/mol. The molecule has 1 aliphatic rings. The molecule has 0 radical (unpaired) electrons. The van der Waals surface area contributed by atoms with Crippen molar-refractivity contribution in [3.63, 3.8) is 0 Å². The smallest absolute Gasteiger partial charge is 0.353 e. The average molecular weight is 420 g/mol. The van der Waals surface area contributed by atoms with Gasteiger partial charge in [0.25, 0.3) is 11.7 Å². The van der Waals surface area contributed by atoms with Crippen molar-refractivity contribution in [1.29, 1.82) is 0 Å². The quantitative estimate of drug-likeness (QED) is 0.358. The van der Waals surface area contributed by atoms with E-state index >= 15 is 0 Å². The lowest BCUT2D eigenvalue weighted by Crippen LogP contribution is -2.86. The van der Waals surface area contributed by atoms with E-state index in [2.05, 4.69) is 11.3 Å². The highest BCUT2D eigenvalue weighted by molar-refractivity contribution is 5.81. The maximum absolute atomic E-state index is 14.6. The molecule has 0 aromatic rings.